The summed E-state index contributed by atoms with van der Waals surface area (Å²) in [5, 5.41) is 20.7. The van der Waals surface area contributed by atoms with Gasteiger partial charge in [-0.2, -0.15) is 0 Å². The van der Waals surface area contributed by atoms with Crippen molar-refractivity contribution in [2.75, 3.05) is 0 Å². The van der Waals surface area contributed by atoms with Crippen molar-refractivity contribution in [1.29, 1.82) is 0 Å². The zero-order chi connectivity index (χ0) is 21.0. The summed E-state index contributed by atoms with van der Waals surface area (Å²) in [4.78, 5) is 41.1. The first-order chi connectivity index (χ1) is 13.9. The number of hydrogen-bond acceptors (Lipinski definition) is 8. The van der Waals surface area contributed by atoms with E-state index in [1.807, 2.05) is 0 Å². The minimum atomic E-state index is -0.832. The van der Waals surface area contributed by atoms with E-state index in [0.29, 0.717) is 30.4 Å². The first kappa shape index (κ1) is 21.0. The molecule has 9 nitrogen and oxygen atoms in total. The van der Waals surface area contributed by atoms with Crippen molar-refractivity contribution < 1.29 is 38.9 Å². The van der Waals surface area contributed by atoms with Crippen molar-refractivity contribution in [1.82, 2.24) is 4.73 Å². The van der Waals surface area contributed by atoms with Gasteiger partial charge in [0.2, 0.25) is 11.5 Å². The van der Waals surface area contributed by atoms with Gasteiger partial charge in [-0.1, -0.05) is 43.3 Å². The van der Waals surface area contributed by atoms with Gasteiger partial charge in [-0.15, -0.1) is 0 Å². The van der Waals surface area contributed by atoms with Crippen LogP contribution in [0.25, 0.3) is 0 Å². The molecule has 0 amide bonds. The number of esters is 2. The molecular weight excluding hydrogens is 382 g/mol. The van der Waals surface area contributed by atoms with Crippen LogP contribution in [-0.2, 0) is 14.4 Å². The van der Waals surface area contributed by atoms with Gasteiger partial charge in [0.25, 0.3) is 11.8 Å². The van der Waals surface area contributed by atoms with Gasteiger partial charge in [0.05, 0.1) is 11.8 Å². The van der Waals surface area contributed by atoms with Crippen LogP contribution in [-0.4, -0.2) is 32.9 Å². The maximum atomic E-state index is 12.5. The molecule has 0 spiro atoms. The summed E-state index contributed by atoms with van der Waals surface area (Å²) >= 11 is 0. The lowest BCUT2D eigenvalue weighted by molar-refractivity contribution is -0.142. The summed E-state index contributed by atoms with van der Waals surface area (Å²) in [7, 11) is 0. The van der Waals surface area contributed by atoms with E-state index >= 15 is 0 Å². The Morgan fingerprint density at radius 2 is 1.14 bits per heavy atom. The van der Waals surface area contributed by atoms with Gasteiger partial charge in [0.15, 0.2) is 0 Å². The van der Waals surface area contributed by atoms with Gasteiger partial charge in [-0.3, -0.25) is 9.59 Å². The van der Waals surface area contributed by atoms with Gasteiger partial charge in [0.1, 0.15) is 0 Å². The summed E-state index contributed by atoms with van der Waals surface area (Å²) < 4.78 is 11.0. The van der Waals surface area contributed by atoms with Gasteiger partial charge < -0.3 is 24.5 Å². The van der Waals surface area contributed by atoms with Gasteiger partial charge >= 0.3 is 17.9 Å². The average Bonchev–Trinajstić information content (AvgIpc) is 2.93. The highest BCUT2D eigenvalue weighted by Crippen LogP contribution is 2.47. The fourth-order valence-electron chi connectivity index (χ4n) is 3.93. The van der Waals surface area contributed by atoms with E-state index < -0.39 is 41.2 Å². The fraction of sp³-hybridized carbons (Fsp3) is 0.650. The van der Waals surface area contributed by atoms with Crippen LogP contribution >= 0.6 is 0 Å². The lowest BCUT2D eigenvalue weighted by atomic mass is 9.89. The number of rotatable bonds is 5. The summed E-state index contributed by atoms with van der Waals surface area (Å²) in [5.41, 5.74) is 0. The minimum Gasteiger partial charge on any atom is -0.490 e. The Morgan fingerprint density at radius 1 is 0.759 bits per heavy atom. The molecule has 0 unspecified atom stereocenters. The fourth-order valence-corrected chi connectivity index (χ4v) is 3.93. The van der Waals surface area contributed by atoms with Crippen molar-refractivity contribution in [3.8, 4) is 23.3 Å². The first-order valence-electron chi connectivity index (χ1n) is 10.2. The van der Waals surface area contributed by atoms with Gasteiger partial charge in [-0.05, 0) is 25.7 Å². The molecule has 0 atom stereocenters. The van der Waals surface area contributed by atoms with Crippen molar-refractivity contribution in [2.24, 2.45) is 11.8 Å². The average molecular weight is 409 g/mol. The molecule has 3 rings (SSSR count). The normalized spacial score (nSPS) is 18.2. The summed E-state index contributed by atoms with van der Waals surface area (Å²) in [6.45, 7) is 1.07. The highest BCUT2D eigenvalue weighted by atomic mass is 16.7. The summed E-state index contributed by atoms with van der Waals surface area (Å²) in [6.07, 6.45) is 8.32. The molecule has 1 heterocycles. The zero-order valence-electron chi connectivity index (χ0n) is 16.5. The van der Waals surface area contributed by atoms with Crippen molar-refractivity contribution in [3.63, 3.8) is 0 Å². The smallest absolute Gasteiger partial charge is 0.330 e. The Labute approximate surface area is 168 Å². The molecule has 2 fully saturated rings. The number of aromatic hydroxyl groups is 2. The largest absolute Gasteiger partial charge is 0.490 e. The molecule has 2 aliphatic carbocycles. The van der Waals surface area contributed by atoms with E-state index in [1.165, 1.54) is 0 Å². The highest BCUT2D eigenvalue weighted by molar-refractivity contribution is 5.81. The standard InChI is InChI=1S/C20H27NO8/c1-12(22)29-21-17(23)15(27-19(25)13-8-4-2-5-9-13)16(18(21)24)28-20(26)14-10-6-3-7-11-14/h13-14,23-24H,2-11H2,1H3. The molecule has 0 aromatic carbocycles. The molecule has 0 aliphatic heterocycles. The first-order valence-corrected chi connectivity index (χ1v) is 10.2. The second-order valence-electron chi connectivity index (χ2n) is 7.69. The number of aromatic nitrogens is 1. The topological polar surface area (TPSA) is 124 Å². The molecule has 160 valence electrons. The van der Waals surface area contributed by atoms with Crippen LogP contribution < -0.4 is 14.3 Å². The van der Waals surface area contributed by atoms with E-state index in [0.717, 1.165) is 45.4 Å². The van der Waals surface area contributed by atoms with Crippen molar-refractivity contribution in [2.45, 2.75) is 71.1 Å². The second kappa shape index (κ2) is 9.19. The van der Waals surface area contributed by atoms with E-state index in [4.69, 9.17) is 14.3 Å². The lowest BCUT2D eigenvalue weighted by Gasteiger charge is -2.21. The predicted molar refractivity (Wildman–Crippen MR) is 99.4 cm³/mol. The van der Waals surface area contributed by atoms with E-state index in [-0.39, 0.29) is 11.8 Å². The Kier molecular flexibility index (Phi) is 6.66. The molecule has 2 aliphatic rings. The predicted octanol–water partition coefficient (Wildman–Crippen LogP) is 2.85. The summed E-state index contributed by atoms with van der Waals surface area (Å²) in [6, 6.07) is 0. The zero-order valence-corrected chi connectivity index (χ0v) is 16.5. The molecule has 2 N–H and O–H groups in total. The number of ether oxygens (including phenoxy) is 2. The Balaban J connectivity index is 1.86. The third-order valence-corrected chi connectivity index (χ3v) is 5.50. The van der Waals surface area contributed by atoms with Crippen LogP contribution in [0.4, 0.5) is 0 Å². The molecule has 0 saturated heterocycles. The summed E-state index contributed by atoms with van der Waals surface area (Å²) in [5.74, 6) is -5.40. The van der Waals surface area contributed by atoms with Crippen LogP contribution in [0.3, 0.4) is 0 Å². The quantitative estimate of drug-likeness (QED) is 0.712. The molecule has 29 heavy (non-hydrogen) atoms. The number of hydrogen-bond donors (Lipinski definition) is 2. The van der Waals surface area contributed by atoms with E-state index in [2.05, 4.69) is 0 Å². The number of carbonyl (C=O) groups excluding carboxylic acids is 3. The van der Waals surface area contributed by atoms with Gasteiger partial charge in [0, 0.05) is 6.92 Å². The van der Waals surface area contributed by atoms with Crippen LogP contribution in [0.5, 0.6) is 23.3 Å². The van der Waals surface area contributed by atoms with Crippen molar-refractivity contribution in [3.05, 3.63) is 0 Å². The van der Waals surface area contributed by atoms with Crippen LogP contribution in [0.2, 0.25) is 0 Å². The van der Waals surface area contributed by atoms with Crippen LogP contribution in [0.1, 0.15) is 71.1 Å². The second-order valence-corrected chi connectivity index (χ2v) is 7.69. The highest BCUT2D eigenvalue weighted by Gasteiger charge is 2.35. The minimum absolute atomic E-state index is 0.343. The van der Waals surface area contributed by atoms with Gasteiger partial charge in [-0.25, -0.2) is 4.79 Å². The van der Waals surface area contributed by atoms with Crippen molar-refractivity contribution >= 4 is 17.9 Å². The van der Waals surface area contributed by atoms with Crippen LogP contribution in [0, 0.1) is 11.8 Å². The maximum absolute atomic E-state index is 12.5. The Morgan fingerprint density at radius 3 is 1.48 bits per heavy atom. The molecule has 2 saturated carbocycles. The Hall–Kier alpha value is -2.71. The molecular formula is C20H27NO8. The molecule has 9 heteroatoms. The number of carbonyl (C=O) groups is 3. The lowest BCUT2D eigenvalue weighted by Crippen LogP contribution is -2.24. The van der Waals surface area contributed by atoms with E-state index in [1.54, 1.807) is 0 Å². The molecule has 0 bridgehead atoms. The molecule has 0 radical (unpaired) electrons. The van der Waals surface area contributed by atoms with E-state index in [9.17, 15) is 24.6 Å². The Bertz CT molecular complexity index is 716. The molecule has 1 aromatic rings. The maximum Gasteiger partial charge on any atom is 0.330 e. The molecule has 1 aromatic heterocycles. The number of nitrogens with zero attached hydrogens (tertiary/aromatic N) is 1. The third kappa shape index (κ3) is 4.83. The third-order valence-electron chi connectivity index (χ3n) is 5.50. The van der Waals surface area contributed by atoms with Crippen LogP contribution in [0.15, 0.2) is 0 Å². The monoisotopic (exact) mass is 409 g/mol. The SMILES string of the molecule is CC(=O)On1c(O)c(OC(=O)C2CCCCC2)c(OC(=O)C2CCCCC2)c1O.